The number of halogens is 1. The van der Waals surface area contributed by atoms with E-state index >= 15 is 0 Å². The van der Waals surface area contributed by atoms with E-state index in [-0.39, 0.29) is 6.04 Å². The summed E-state index contributed by atoms with van der Waals surface area (Å²) in [6, 6.07) is 5.97. The fraction of sp³-hybridized carbons (Fsp3) is 0.400. The van der Waals surface area contributed by atoms with Gasteiger partial charge in [0.2, 0.25) is 0 Å². The maximum atomic E-state index is 6.30. The smallest absolute Gasteiger partial charge is 0.130 e. The van der Waals surface area contributed by atoms with Crippen molar-refractivity contribution >= 4 is 11.6 Å². The lowest BCUT2D eigenvalue weighted by Crippen LogP contribution is -2.30. The van der Waals surface area contributed by atoms with Crippen molar-refractivity contribution in [1.82, 2.24) is 15.2 Å². The molecule has 0 amide bonds. The third-order valence-electron chi connectivity index (χ3n) is 3.64. The summed E-state index contributed by atoms with van der Waals surface area (Å²) in [6.45, 7) is 3.97. The minimum Gasteiger partial charge on any atom is -0.496 e. The number of aryl methyl sites for hydroxylation is 3. The molecule has 0 aliphatic carbocycles. The summed E-state index contributed by atoms with van der Waals surface area (Å²) >= 11 is 6.30. The molecule has 114 valence electrons. The molecule has 6 heteroatoms. The predicted octanol–water partition coefficient (Wildman–Crippen LogP) is 2.45. The highest BCUT2D eigenvalue weighted by Gasteiger charge is 2.20. The minimum absolute atomic E-state index is 0.0963. The SMILES string of the molecule is COc1cc(C)ccc1C(Cc1c(C)nn(C)c1Cl)NN. The standard InChI is InChI=1S/C15H21ClN4O/c1-9-5-6-11(14(7-9)21-4)13(18-17)8-12-10(2)19-20(3)15(12)16/h5-7,13,18H,8,17H2,1-4H3. The van der Waals surface area contributed by atoms with Crippen molar-refractivity contribution in [3.8, 4) is 5.75 Å². The van der Waals surface area contributed by atoms with E-state index in [1.165, 1.54) is 0 Å². The van der Waals surface area contributed by atoms with E-state index < -0.39 is 0 Å². The molecule has 0 fully saturated rings. The van der Waals surface area contributed by atoms with Gasteiger partial charge in [-0.15, -0.1) is 0 Å². The minimum atomic E-state index is -0.0963. The zero-order chi connectivity index (χ0) is 15.6. The summed E-state index contributed by atoms with van der Waals surface area (Å²) in [7, 11) is 3.49. The Labute approximate surface area is 130 Å². The number of ether oxygens (including phenoxy) is 1. The first-order valence-electron chi connectivity index (χ1n) is 6.76. The van der Waals surface area contributed by atoms with Gasteiger partial charge < -0.3 is 4.74 Å². The number of methoxy groups -OCH3 is 1. The fourth-order valence-electron chi connectivity index (χ4n) is 2.47. The Hall–Kier alpha value is -1.56. The van der Waals surface area contributed by atoms with Crippen molar-refractivity contribution in [2.45, 2.75) is 26.3 Å². The predicted molar refractivity (Wildman–Crippen MR) is 84.5 cm³/mol. The van der Waals surface area contributed by atoms with Crippen LogP contribution in [0.5, 0.6) is 5.75 Å². The molecule has 1 aromatic heterocycles. The van der Waals surface area contributed by atoms with Crippen LogP contribution in [0.3, 0.4) is 0 Å². The van der Waals surface area contributed by atoms with Crippen LogP contribution in [0.2, 0.25) is 5.15 Å². The van der Waals surface area contributed by atoms with E-state index in [2.05, 4.69) is 10.5 Å². The monoisotopic (exact) mass is 308 g/mol. The molecule has 1 heterocycles. The number of benzene rings is 1. The molecule has 2 aromatic rings. The van der Waals surface area contributed by atoms with Crippen LogP contribution in [-0.4, -0.2) is 16.9 Å². The molecule has 0 saturated heterocycles. The first-order valence-corrected chi connectivity index (χ1v) is 7.14. The molecule has 0 saturated carbocycles. The first kappa shape index (κ1) is 15.8. The summed E-state index contributed by atoms with van der Waals surface area (Å²) in [5.74, 6) is 6.56. The normalized spacial score (nSPS) is 12.5. The zero-order valence-corrected chi connectivity index (χ0v) is 13.5. The topological polar surface area (TPSA) is 65.1 Å². The Balaban J connectivity index is 2.36. The molecule has 1 unspecified atom stereocenters. The van der Waals surface area contributed by atoms with Crippen molar-refractivity contribution in [2.24, 2.45) is 12.9 Å². The van der Waals surface area contributed by atoms with Crippen molar-refractivity contribution in [1.29, 1.82) is 0 Å². The van der Waals surface area contributed by atoms with Crippen LogP contribution in [0.15, 0.2) is 18.2 Å². The largest absolute Gasteiger partial charge is 0.496 e. The summed E-state index contributed by atoms with van der Waals surface area (Å²) in [6.07, 6.45) is 0.647. The summed E-state index contributed by atoms with van der Waals surface area (Å²) in [4.78, 5) is 0. The second-order valence-electron chi connectivity index (χ2n) is 5.15. The summed E-state index contributed by atoms with van der Waals surface area (Å²) in [5.41, 5.74) is 6.90. The maximum absolute atomic E-state index is 6.30. The van der Waals surface area contributed by atoms with Crippen molar-refractivity contribution < 1.29 is 4.74 Å². The molecule has 0 aliphatic heterocycles. The Morgan fingerprint density at radius 1 is 1.43 bits per heavy atom. The number of hydrogen-bond donors (Lipinski definition) is 2. The number of hydrazine groups is 1. The van der Waals surface area contributed by atoms with E-state index in [1.54, 1.807) is 11.8 Å². The van der Waals surface area contributed by atoms with Crippen LogP contribution < -0.4 is 16.0 Å². The van der Waals surface area contributed by atoms with E-state index in [9.17, 15) is 0 Å². The molecule has 3 N–H and O–H groups in total. The zero-order valence-electron chi connectivity index (χ0n) is 12.8. The molecule has 0 spiro atoms. The molecule has 1 atom stereocenters. The van der Waals surface area contributed by atoms with Gasteiger partial charge in [0.25, 0.3) is 0 Å². The number of nitrogens with zero attached hydrogens (tertiary/aromatic N) is 2. The Kier molecular flexibility index (Phi) is 4.88. The van der Waals surface area contributed by atoms with Crippen LogP contribution in [0, 0.1) is 13.8 Å². The van der Waals surface area contributed by atoms with Gasteiger partial charge in [-0.25, -0.2) is 0 Å². The molecular formula is C15H21ClN4O. The van der Waals surface area contributed by atoms with Crippen LogP contribution in [0.4, 0.5) is 0 Å². The van der Waals surface area contributed by atoms with Crippen LogP contribution in [0.25, 0.3) is 0 Å². The summed E-state index contributed by atoms with van der Waals surface area (Å²) in [5, 5.41) is 4.97. The molecule has 2 rings (SSSR count). The van der Waals surface area contributed by atoms with Gasteiger partial charge in [-0.3, -0.25) is 16.0 Å². The van der Waals surface area contributed by atoms with Crippen molar-refractivity contribution in [3.63, 3.8) is 0 Å². The number of nitrogens with one attached hydrogen (secondary N) is 1. The van der Waals surface area contributed by atoms with Crippen LogP contribution in [0.1, 0.15) is 28.4 Å². The Bertz CT molecular complexity index is 639. The van der Waals surface area contributed by atoms with E-state index in [0.717, 1.165) is 28.1 Å². The third kappa shape index (κ3) is 3.20. The van der Waals surface area contributed by atoms with Crippen LogP contribution >= 0.6 is 11.6 Å². The highest BCUT2D eigenvalue weighted by molar-refractivity contribution is 6.30. The highest BCUT2D eigenvalue weighted by Crippen LogP contribution is 2.31. The molecule has 0 radical (unpaired) electrons. The van der Waals surface area contributed by atoms with E-state index in [0.29, 0.717) is 11.6 Å². The Morgan fingerprint density at radius 2 is 2.14 bits per heavy atom. The highest BCUT2D eigenvalue weighted by atomic mass is 35.5. The molecular weight excluding hydrogens is 288 g/mol. The number of nitrogens with two attached hydrogens (primary N) is 1. The van der Waals surface area contributed by atoms with E-state index in [4.69, 9.17) is 22.2 Å². The van der Waals surface area contributed by atoms with Crippen molar-refractivity contribution in [3.05, 3.63) is 45.7 Å². The van der Waals surface area contributed by atoms with Crippen molar-refractivity contribution in [2.75, 3.05) is 7.11 Å². The van der Waals surface area contributed by atoms with Gasteiger partial charge in [-0.2, -0.15) is 5.10 Å². The van der Waals surface area contributed by atoms with Gasteiger partial charge in [-0.05, 0) is 31.9 Å². The fourth-order valence-corrected chi connectivity index (χ4v) is 2.73. The van der Waals surface area contributed by atoms with Crippen LogP contribution in [-0.2, 0) is 13.5 Å². The number of aromatic nitrogens is 2. The van der Waals surface area contributed by atoms with Gasteiger partial charge in [-0.1, -0.05) is 23.7 Å². The molecule has 0 aliphatic rings. The first-order chi connectivity index (χ1) is 9.97. The second kappa shape index (κ2) is 6.47. The average Bonchev–Trinajstić information content (AvgIpc) is 2.70. The lowest BCUT2D eigenvalue weighted by Gasteiger charge is -2.19. The van der Waals surface area contributed by atoms with E-state index in [1.807, 2.05) is 39.1 Å². The molecule has 1 aromatic carbocycles. The lowest BCUT2D eigenvalue weighted by atomic mass is 9.98. The van der Waals surface area contributed by atoms with Gasteiger partial charge in [0, 0.05) is 18.2 Å². The number of rotatable bonds is 5. The molecule has 5 nitrogen and oxygen atoms in total. The molecule has 0 bridgehead atoms. The third-order valence-corrected chi connectivity index (χ3v) is 4.12. The van der Waals surface area contributed by atoms with Gasteiger partial charge in [0.1, 0.15) is 10.9 Å². The van der Waals surface area contributed by atoms with Gasteiger partial charge >= 0.3 is 0 Å². The van der Waals surface area contributed by atoms with Gasteiger partial charge in [0.15, 0.2) is 0 Å². The number of hydrogen-bond acceptors (Lipinski definition) is 4. The maximum Gasteiger partial charge on any atom is 0.130 e. The quantitative estimate of drug-likeness (QED) is 0.658. The summed E-state index contributed by atoms with van der Waals surface area (Å²) < 4.78 is 7.14. The van der Waals surface area contributed by atoms with Gasteiger partial charge in [0.05, 0.1) is 18.8 Å². The Morgan fingerprint density at radius 3 is 2.67 bits per heavy atom. The lowest BCUT2D eigenvalue weighted by molar-refractivity contribution is 0.398. The second-order valence-corrected chi connectivity index (χ2v) is 5.51. The average molecular weight is 309 g/mol. The molecule has 21 heavy (non-hydrogen) atoms.